The predicted molar refractivity (Wildman–Crippen MR) is 73.0 cm³/mol. The Morgan fingerprint density at radius 1 is 1.48 bits per heavy atom. The SMILES string of the molecule is CC(Oc1ccc(F)cc1Cl)C(=O)NCCOCC(=O)O. The molecule has 8 heteroatoms. The van der Waals surface area contributed by atoms with Crippen molar-refractivity contribution in [3.05, 3.63) is 29.0 Å². The molecule has 21 heavy (non-hydrogen) atoms. The fourth-order valence-corrected chi connectivity index (χ4v) is 1.58. The van der Waals surface area contributed by atoms with Gasteiger partial charge in [0.2, 0.25) is 0 Å². The van der Waals surface area contributed by atoms with Gasteiger partial charge in [-0.05, 0) is 25.1 Å². The van der Waals surface area contributed by atoms with Crippen LogP contribution in [0.1, 0.15) is 6.92 Å². The Morgan fingerprint density at radius 2 is 2.19 bits per heavy atom. The molecule has 0 saturated heterocycles. The van der Waals surface area contributed by atoms with Gasteiger partial charge < -0.3 is 19.9 Å². The first-order chi connectivity index (χ1) is 9.90. The van der Waals surface area contributed by atoms with E-state index >= 15 is 0 Å². The Kier molecular flexibility index (Phi) is 6.90. The standard InChI is InChI=1S/C13H15ClFNO5/c1-8(13(19)16-4-5-20-7-12(17)18)21-11-3-2-9(15)6-10(11)14/h2-3,6,8H,4-5,7H2,1H3,(H,16,19)(H,17,18). The van der Waals surface area contributed by atoms with Crippen LogP contribution in [-0.4, -0.2) is 42.8 Å². The normalized spacial score (nSPS) is 11.8. The van der Waals surface area contributed by atoms with Gasteiger partial charge in [-0.1, -0.05) is 11.6 Å². The zero-order valence-corrected chi connectivity index (χ0v) is 12.0. The number of carbonyl (C=O) groups excluding carboxylic acids is 1. The van der Waals surface area contributed by atoms with Gasteiger partial charge >= 0.3 is 5.97 Å². The van der Waals surface area contributed by atoms with Crippen molar-refractivity contribution in [2.24, 2.45) is 0 Å². The molecule has 0 bridgehead atoms. The minimum Gasteiger partial charge on any atom is -0.480 e. The molecule has 6 nitrogen and oxygen atoms in total. The molecule has 1 atom stereocenters. The van der Waals surface area contributed by atoms with Crippen molar-refractivity contribution in [1.29, 1.82) is 0 Å². The molecule has 0 radical (unpaired) electrons. The van der Waals surface area contributed by atoms with E-state index in [-0.39, 0.29) is 23.9 Å². The lowest BCUT2D eigenvalue weighted by molar-refractivity contribution is -0.142. The number of ether oxygens (including phenoxy) is 2. The first-order valence-electron chi connectivity index (χ1n) is 6.09. The summed E-state index contributed by atoms with van der Waals surface area (Å²) >= 11 is 5.78. The molecular weight excluding hydrogens is 305 g/mol. The van der Waals surface area contributed by atoms with Crippen LogP contribution in [0.25, 0.3) is 0 Å². The van der Waals surface area contributed by atoms with E-state index in [2.05, 4.69) is 5.32 Å². The van der Waals surface area contributed by atoms with Crippen LogP contribution in [0.15, 0.2) is 18.2 Å². The molecule has 116 valence electrons. The van der Waals surface area contributed by atoms with Crippen molar-refractivity contribution in [3.63, 3.8) is 0 Å². The Morgan fingerprint density at radius 3 is 2.81 bits per heavy atom. The monoisotopic (exact) mass is 319 g/mol. The third-order valence-corrected chi connectivity index (χ3v) is 2.63. The minimum atomic E-state index is -1.08. The highest BCUT2D eigenvalue weighted by atomic mass is 35.5. The van der Waals surface area contributed by atoms with Gasteiger partial charge in [-0.3, -0.25) is 4.79 Å². The Labute approximate surface area is 125 Å². The van der Waals surface area contributed by atoms with E-state index in [0.29, 0.717) is 0 Å². The van der Waals surface area contributed by atoms with E-state index < -0.39 is 30.4 Å². The van der Waals surface area contributed by atoms with Crippen LogP contribution in [0.3, 0.4) is 0 Å². The summed E-state index contributed by atoms with van der Waals surface area (Å²) in [6.45, 7) is 1.30. The van der Waals surface area contributed by atoms with Crippen LogP contribution in [0, 0.1) is 5.82 Å². The molecule has 1 aromatic carbocycles. The second kappa shape index (κ2) is 8.43. The molecule has 1 unspecified atom stereocenters. The van der Waals surface area contributed by atoms with E-state index in [9.17, 15) is 14.0 Å². The maximum Gasteiger partial charge on any atom is 0.329 e. The number of hydrogen-bond acceptors (Lipinski definition) is 4. The van der Waals surface area contributed by atoms with Crippen LogP contribution in [0.4, 0.5) is 4.39 Å². The summed E-state index contributed by atoms with van der Waals surface area (Å²) in [5, 5.41) is 10.9. The quantitative estimate of drug-likeness (QED) is 0.709. The summed E-state index contributed by atoms with van der Waals surface area (Å²) in [4.78, 5) is 21.9. The van der Waals surface area contributed by atoms with Crippen molar-refractivity contribution >= 4 is 23.5 Å². The molecule has 2 N–H and O–H groups in total. The van der Waals surface area contributed by atoms with Crippen LogP contribution in [0.5, 0.6) is 5.75 Å². The average molecular weight is 320 g/mol. The van der Waals surface area contributed by atoms with Crippen LogP contribution >= 0.6 is 11.6 Å². The van der Waals surface area contributed by atoms with E-state index in [4.69, 9.17) is 26.2 Å². The van der Waals surface area contributed by atoms with Gasteiger partial charge in [0.25, 0.3) is 5.91 Å². The summed E-state index contributed by atoms with van der Waals surface area (Å²) in [5.41, 5.74) is 0. The molecule has 0 aliphatic carbocycles. The van der Waals surface area contributed by atoms with Crippen LogP contribution in [-0.2, 0) is 14.3 Å². The predicted octanol–water partition coefficient (Wildman–Crippen LogP) is 1.46. The summed E-state index contributed by atoms with van der Waals surface area (Å²) in [6.07, 6.45) is -0.840. The minimum absolute atomic E-state index is 0.0689. The van der Waals surface area contributed by atoms with Crippen LogP contribution < -0.4 is 10.1 Å². The van der Waals surface area contributed by atoms with Gasteiger partial charge in [-0.25, -0.2) is 9.18 Å². The third kappa shape index (κ3) is 6.42. The third-order valence-electron chi connectivity index (χ3n) is 2.34. The van der Waals surface area contributed by atoms with E-state index in [0.717, 1.165) is 6.07 Å². The van der Waals surface area contributed by atoms with Crippen molar-refractivity contribution in [1.82, 2.24) is 5.32 Å². The molecule has 0 aliphatic heterocycles. The molecule has 0 saturated carbocycles. The summed E-state index contributed by atoms with van der Waals surface area (Å²) in [6, 6.07) is 3.59. The first kappa shape index (κ1) is 17.2. The summed E-state index contributed by atoms with van der Waals surface area (Å²) in [7, 11) is 0. The Hall–Kier alpha value is -1.86. The first-order valence-corrected chi connectivity index (χ1v) is 6.47. The fourth-order valence-electron chi connectivity index (χ4n) is 1.36. The lowest BCUT2D eigenvalue weighted by atomic mass is 10.3. The van der Waals surface area contributed by atoms with Crippen molar-refractivity contribution in [3.8, 4) is 5.75 Å². The van der Waals surface area contributed by atoms with Gasteiger partial charge in [0.15, 0.2) is 6.10 Å². The van der Waals surface area contributed by atoms with Gasteiger partial charge in [0.05, 0.1) is 11.6 Å². The fraction of sp³-hybridized carbons (Fsp3) is 0.385. The molecule has 0 aliphatic rings. The average Bonchev–Trinajstić information content (AvgIpc) is 2.40. The molecule has 0 spiro atoms. The van der Waals surface area contributed by atoms with Crippen molar-refractivity contribution in [2.45, 2.75) is 13.0 Å². The highest BCUT2D eigenvalue weighted by molar-refractivity contribution is 6.32. The highest BCUT2D eigenvalue weighted by Crippen LogP contribution is 2.25. The maximum atomic E-state index is 12.9. The molecule has 0 heterocycles. The van der Waals surface area contributed by atoms with Gasteiger partial charge in [0.1, 0.15) is 18.2 Å². The number of aliphatic carboxylic acids is 1. The lowest BCUT2D eigenvalue weighted by Crippen LogP contribution is -2.38. The molecule has 0 fully saturated rings. The van der Waals surface area contributed by atoms with Crippen LogP contribution in [0.2, 0.25) is 5.02 Å². The molecule has 0 aromatic heterocycles. The summed E-state index contributed by atoms with van der Waals surface area (Å²) in [5.74, 6) is -1.80. The number of hydrogen-bond donors (Lipinski definition) is 2. The highest BCUT2D eigenvalue weighted by Gasteiger charge is 2.15. The topological polar surface area (TPSA) is 84.9 Å². The zero-order valence-electron chi connectivity index (χ0n) is 11.3. The van der Waals surface area contributed by atoms with Gasteiger partial charge in [-0.2, -0.15) is 0 Å². The van der Waals surface area contributed by atoms with Crippen molar-refractivity contribution in [2.75, 3.05) is 19.8 Å². The Balaban J connectivity index is 2.35. The van der Waals surface area contributed by atoms with Gasteiger partial charge in [-0.15, -0.1) is 0 Å². The van der Waals surface area contributed by atoms with E-state index in [1.165, 1.54) is 19.1 Å². The number of nitrogens with one attached hydrogen (secondary N) is 1. The maximum absolute atomic E-state index is 12.9. The van der Waals surface area contributed by atoms with E-state index in [1.807, 2.05) is 0 Å². The smallest absolute Gasteiger partial charge is 0.329 e. The largest absolute Gasteiger partial charge is 0.480 e. The molecule has 1 amide bonds. The number of rotatable bonds is 8. The van der Waals surface area contributed by atoms with E-state index in [1.54, 1.807) is 0 Å². The van der Waals surface area contributed by atoms with Crippen molar-refractivity contribution < 1.29 is 28.6 Å². The second-order valence-electron chi connectivity index (χ2n) is 4.07. The number of amides is 1. The second-order valence-corrected chi connectivity index (χ2v) is 4.48. The lowest BCUT2D eigenvalue weighted by Gasteiger charge is -2.15. The number of carboxylic acid groups (broad SMARTS) is 1. The molecular formula is C13H15ClFNO5. The number of halogens is 2. The molecule has 1 rings (SSSR count). The summed E-state index contributed by atoms with van der Waals surface area (Å²) < 4.78 is 22.9. The number of carboxylic acids is 1. The number of benzene rings is 1. The molecule has 1 aromatic rings. The Bertz CT molecular complexity index is 511. The number of carbonyl (C=O) groups is 2. The van der Waals surface area contributed by atoms with Gasteiger partial charge in [0, 0.05) is 6.54 Å². The zero-order chi connectivity index (χ0) is 15.8.